The fraction of sp³-hybridized carbons (Fsp3) is 0.500. The van der Waals surface area contributed by atoms with Gasteiger partial charge in [0.2, 0.25) is 0 Å². The van der Waals surface area contributed by atoms with Crippen LogP contribution in [0.3, 0.4) is 0 Å². The monoisotopic (exact) mass is 221 g/mol. The van der Waals surface area contributed by atoms with Crippen LogP contribution in [0.2, 0.25) is 0 Å². The Bertz CT molecular complexity index is 402. The molecule has 0 radical (unpaired) electrons. The molecule has 1 aromatic rings. The maximum Gasteiger partial charge on any atom is 0.168 e. The largest absolute Gasteiger partial charge is 0.383 e. The maximum absolute atomic E-state index is 12.0. The zero-order chi connectivity index (χ0) is 12.3. The summed E-state index contributed by atoms with van der Waals surface area (Å²) in [4.78, 5) is 13.8. The van der Waals surface area contributed by atoms with Crippen LogP contribution in [-0.2, 0) is 10.2 Å². The van der Waals surface area contributed by atoms with Crippen LogP contribution in [0, 0.1) is 6.92 Å². The molecule has 0 aliphatic rings. The molecule has 0 aliphatic heterocycles. The van der Waals surface area contributed by atoms with E-state index in [-0.39, 0.29) is 5.78 Å². The quantitative estimate of drug-likeness (QED) is 0.786. The SMILES string of the molecule is Cc1cc(C(C)(C)C(=O)/C=C/N(C)C)n[nH]1. The number of aromatic amines is 1. The van der Waals surface area contributed by atoms with Gasteiger partial charge in [-0.05, 0) is 32.9 Å². The van der Waals surface area contributed by atoms with Crippen molar-refractivity contribution in [1.29, 1.82) is 0 Å². The minimum atomic E-state index is -0.586. The smallest absolute Gasteiger partial charge is 0.168 e. The van der Waals surface area contributed by atoms with Crippen molar-refractivity contribution in [3.8, 4) is 0 Å². The molecule has 0 bridgehead atoms. The molecule has 0 fully saturated rings. The molecule has 0 saturated carbocycles. The van der Waals surface area contributed by atoms with Gasteiger partial charge in [0.25, 0.3) is 0 Å². The maximum atomic E-state index is 12.0. The summed E-state index contributed by atoms with van der Waals surface area (Å²) in [6.07, 6.45) is 3.34. The molecule has 0 atom stereocenters. The van der Waals surface area contributed by atoms with E-state index in [1.165, 1.54) is 0 Å². The van der Waals surface area contributed by atoms with Crippen molar-refractivity contribution in [2.24, 2.45) is 0 Å². The molecule has 0 saturated heterocycles. The molecule has 0 spiro atoms. The first-order chi connectivity index (χ1) is 7.34. The van der Waals surface area contributed by atoms with Gasteiger partial charge in [0.05, 0.1) is 11.1 Å². The van der Waals surface area contributed by atoms with Crippen LogP contribution in [0.15, 0.2) is 18.3 Å². The molecule has 4 nitrogen and oxygen atoms in total. The molecule has 1 N–H and O–H groups in total. The topological polar surface area (TPSA) is 49.0 Å². The lowest BCUT2D eigenvalue weighted by molar-refractivity contribution is -0.118. The van der Waals surface area contributed by atoms with Gasteiger partial charge >= 0.3 is 0 Å². The highest BCUT2D eigenvalue weighted by Crippen LogP contribution is 2.23. The van der Waals surface area contributed by atoms with Crippen LogP contribution >= 0.6 is 0 Å². The molecule has 16 heavy (non-hydrogen) atoms. The van der Waals surface area contributed by atoms with E-state index in [4.69, 9.17) is 0 Å². The van der Waals surface area contributed by atoms with Gasteiger partial charge in [-0.15, -0.1) is 0 Å². The summed E-state index contributed by atoms with van der Waals surface area (Å²) in [7, 11) is 3.77. The fourth-order valence-corrected chi connectivity index (χ4v) is 1.29. The third-order valence-electron chi connectivity index (χ3n) is 2.49. The normalized spacial score (nSPS) is 12.1. The molecule has 88 valence electrons. The average molecular weight is 221 g/mol. The number of aryl methyl sites for hydroxylation is 1. The lowest BCUT2D eigenvalue weighted by atomic mass is 9.84. The number of hydrogen-bond acceptors (Lipinski definition) is 3. The number of H-pyrrole nitrogens is 1. The molecule has 1 heterocycles. The third-order valence-corrected chi connectivity index (χ3v) is 2.49. The van der Waals surface area contributed by atoms with E-state index in [1.807, 2.05) is 45.8 Å². The van der Waals surface area contributed by atoms with Gasteiger partial charge in [-0.25, -0.2) is 0 Å². The predicted octanol–water partition coefficient (Wildman–Crippen LogP) is 1.64. The van der Waals surface area contributed by atoms with Gasteiger partial charge in [-0.1, -0.05) is 0 Å². The average Bonchev–Trinajstić information content (AvgIpc) is 2.61. The van der Waals surface area contributed by atoms with Crippen molar-refractivity contribution >= 4 is 5.78 Å². The van der Waals surface area contributed by atoms with Crippen molar-refractivity contribution < 1.29 is 4.79 Å². The van der Waals surface area contributed by atoms with Gasteiger partial charge in [0.1, 0.15) is 0 Å². The summed E-state index contributed by atoms with van der Waals surface area (Å²) in [6.45, 7) is 5.68. The molecular formula is C12H19N3O. The number of carbonyl (C=O) groups excluding carboxylic acids is 1. The molecule has 0 amide bonds. The summed E-state index contributed by atoms with van der Waals surface area (Å²) in [6, 6.07) is 1.90. The predicted molar refractivity (Wildman–Crippen MR) is 64.2 cm³/mol. The van der Waals surface area contributed by atoms with E-state index in [0.29, 0.717) is 0 Å². The summed E-state index contributed by atoms with van der Waals surface area (Å²) < 4.78 is 0. The number of nitrogens with zero attached hydrogens (tertiary/aromatic N) is 2. The molecule has 1 rings (SSSR count). The molecule has 0 unspecified atom stereocenters. The van der Waals surface area contributed by atoms with E-state index in [1.54, 1.807) is 12.3 Å². The van der Waals surface area contributed by atoms with Crippen LogP contribution in [0.1, 0.15) is 25.2 Å². The van der Waals surface area contributed by atoms with E-state index in [0.717, 1.165) is 11.4 Å². The summed E-state index contributed by atoms with van der Waals surface area (Å²) in [5.41, 5.74) is 1.16. The summed E-state index contributed by atoms with van der Waals surface area (Å²) in [5.74, 6) is 0.0488. The van der Waals surface area contributed by atoms with Crippen molar-refractivity contribution in [2.75, 3.05) is 14.1 Å². The van der Waals surface area contributed by atoms with Crippen LogP contribution in [-0.4, -0.2) is 35.0 Å². The molecular weight excluding hydrogens is 202 g/mol. The number of hydrogen-bond donors (Lipinski definition) is 1. The van der Waals surface area contributed by atoms with Crippen LogP contribution in [0.4, 0.5) is 0 Å². The Morgan fingerprint density at radius 1 is 1.50 bits per heavy atom. The molecule has 1 aromatic heterocycles. The first-order valence-electron chi connectivity index (χ1n) is 5.25. The van der Waals surface area contributed by atoms with Gasteiger partial charge in [0, 0.05) is 26.0 Å². The second kappa shape index (κ2) is 4.51. The third kappa shape index (κ3) is 2.72. The number of rotatable bonds is 4. The first-order valence-corrected chi connectivity index (χ1v) is 5.25. The van der Waals surface area contributed by atoms with Crippen molar-refractivity contribution in [2.45, 2.75) is 26.2 Å². The molecule has 0 aromatic carbocycles. The minimum absolute atomic E-state index is 0.0488. The highest BCUT2D eigenvalue weighted by molar-refractivity contribution is 5.97. The van der Waals surface area contributed by atoms with Gasteiger partial charge in [-0.3, -0.25) is 9.89 Å². The van der Waals surface area contributed by atoms with Crippen molar-refractivity contribution in [3.63, 3.8) is 0 Å². The Kier molecular flexibility index (Phi) is 3.52. The summed E-state index contributed by atoms with van der Waals surface area (Å²) >= 11 is 0. The second-order valence-electron chi connectivity index (χ2n) is 4.70. The Balaban J connectivity index is 2.89. The Hall–Kier alpha value is -1.58. The summed E-state index contributed by atoms with van der Waals surface area (Å²) in [5, 5.41) is 7.00. The molecule has 4 heteroatoms. The highest BCUT2D eigenvalue weighted by Gasteiger charge is 2.30. The van der Waals surface area contributed by atoms with E-state index < -0.39 is 5.41 Å². The Labute approximate surface area is 96.3 Å². The highest BCUT2D eigenvalue weighted by atomic mass is 16.1. The van der Waals surface area contributed by atoms with Gasteiger partial charge < -0.3 is 4.90 Å². The molecule has 0 aliphatic carbocycles. The van der Waals surface area contributed by atoms with E-state index in [9.17, 15) is 4.79 Å². The van der Waals surface area contributed by atoms with Crippen LogP contribution in [0.25, 0.3) is 0 Å². The lowest BCUT2D eigenvalue weighted by Crippen LogP contribution is -2.28. The van der Waals surface area contributed by atoms with Crippen molar-refractivity contribution in [3.05, 3.63) is 29.7 Å². The van der Waals surface area contributed by atoms with Crippen molar-refractivity contribution in [1.82, 2.24) is 15.1 Å². The Morgan fingerprint density at radius 3 is 2.56 bits per heavy atom. The van der Waals surface area contributed by atoms with E-state index in [2.05, 4.69) is 10.2 Å². The van der Waals surface area contributed by atoms with Crippen LogP contribution < -0.4 is 0 Å². The number of allylic oxidation sites excluding steroid dienone is 1. The minimum Gasteiger partial charge on any atom is -0.383 e. The fourth-order valence-electron chi connectivity index (χ4n) is 1.29. The number of aromatic nitrogens is 2. The van der Waals surface area contributed by atoms with Gasteiger partial charge in [0.15, 0.2) is 5.78 Å². The number of carbonyl (C=O) groups is 1. The zero-order valence-electron chi connectivity index (χ0n) is 10.5. The van der Waals surface area contributed by atoms with Gasteiger partial charge in [-0.2, -0.15) is 5.10 Å². The first kappa shape index (κ1) is 12.5. The van der Waals surface area contributed by atoms with E-state index >= 15 is 0 Å². The number of ketones is 1. The Morgan fingerprint density at radius 2 is 2.12 bits per heavy atom. The number of nitrogens with one attached hydrogen (secondary N) is 1. The second-order valence-corrected chi connectivity index (χ2v) is 4.70. The zero-order valence-corrected chi connectivity index (χ0v) is 10.5. The standard InChI is InChI=1S/C12H19N3O/c1-9-8-10(14-13-9)12(2,3)11(16)6-7-15(4)5/h6-8H,1-5H3,(H,13,14)/b7-6+. The van der Waals surface area contributed by atoms with Crippen LogP contribution in [0.5, 0.6) is 0 Å². The lowest BCUT2D eigenvalue weighted by Gasteiger charge is -2.18.